The van der Waals surface area contributed by atoms with Crippen LogP contribution in [0.25, 0.3) is 17.1 Å². The summed E-state index contributed by atoms with van der Waals surface area (Å²) in [6.45, 7) is 1.13. The number of benzene rings is 1. The van der Waals surface area contributed by atoms with Gasteiger partial charge in [-0.3, -0.25) is 19.6 Å². The zero-order chi connectivity index (χ0) is 23.8. The van der Waals surface area contributed by atoms with Gasteiger partial charge >= 0.3 is 0 Å². The molecular formula is C26H23N7O2. The zero-order valence-electron chi connectivity index (χ0n) is 19.0. The topological polar surface area (TPSA) is 97.1 Å². The van der Waals surface area contributed by atoms with E-state index >= 15 is 0 Å². The van der Waals surface area contributed by atoms with Crippen molar-refractivity contribution in [3.63, 3.8) is 0 Å². The average molecular weight is 466 g/mol. The van der Waals surface area contributed by atoms with Crippen molar-refractivity contribution in [3.05, 3.63) is 84.7 Å². The first-order valence-corrected chi connectivity index (χ1v) is 11.6. The normalized spacial score (nSPS) is 15.9. The van der Waals surface area contributed by atoms with Crippen LogP contribution in [-0.2, 0) is 11.2 Å². The third-order valence-corrected chi connectivity index (χ3v) is 6.65. The van der Waals surface area contributed by atoms with Crippen LogP contribution in [-0.4, -0.2) is 60.6 Å². The summed E-state index contributed by atoms with van der Waals surface area (Å²) >= 11 is 0. The maximum absolute atomic E-state index is 13.4. The summed E-state index contributed by atoms with van der Waals surface area (Å²) in [7, 11) is 0. The number of likely N-dealkylation sites (tertiary alicyclic amines) is 1. The van der Waals surface area contributed by atoms with Crippen molar-refractivity contribution in [2.24, 2.45) is 0 Å². The lowest BCUT2D eigenvalue weighted by atomic mass is 10.0. The van der Waals surface area contributed by atoms with Gasteiger partial charge in [-0.2, -0.15) is 5.10 Å². The monoisotopic (exact) mass is 465 g/mol. The Morgan fingerprint density at radius 1 is 0.943 bits per heavy atom. The number of fused-ring (bicyclic) bond motifs is 1. The number of nitrogens with zero attached hydrogens (tertiary/aromatic N) is 7. The fraction of sp³-hybridized carbons (Fsp3) is 0.231. The number of carbonyl (C=O) groups excluding carboxylic acids is 2. The number of carbonyl (C=O) groups is 2. The predicted molar refractivity (Wildman–Crippen MR) is 129 cm³/mol. The zero-order valence-corrected chi connectivity index (χ0v) is 19.0. The highest BCUT2D eigenvalue weighted by atomic mass is 16.2. The third kappa shape index (κ3) is 3.84. The molecule has 0 atom stereocenters. The summed E-state index contributed by atoms with van der Waals surface area (Å²) in [5.74, 6) is 0.540. The van der Waals surface area contributed by atoms with Crippen LogP contribution in [0.3, 0.4) is 0 Å². The Morgan fingerprint density at radius 2 is 1.74 bits per heavy atom. The molecule has 1 fully saturated rings. The van der Waals surface area contributed by atoms with E-state index in [9.17, 15) is 9.59 Å². The molecule has 0 radical (unpaired) electrons. The number of piperidine rings is 1. The molecule has 35 heavy (non-hydrogen) atoms. The first-order valence-electron chi connectivity index (χ1n) is 11.6. The highest BCUT2D eigenvalue weighted by molar-refractivity contribution is 6.02. The van der Waals surface area contributed by atoms with Gasteiger partial charge in [0.05, 0.1) is 18.3 Å². The van der Waals surface area contributed by atoms with Gasteiger partial charge in [-0.25, -0.2) is 9.67 Å². The maximum atomic E-state index is 13.4. The molecule has 0 unspecified atom stereocenters. The lowest BCUT2D eigenvalue weighted by molar-refractivity contribution is -0.118. The van der Waals surface area contributed by atoms with Crippen LogP contribution in [0, 0.1) is 0 Å². The van der Waals surface area contributed by atoms with Gasteiger partial charge in [0.25, 0.3) is 5.91 Å². The van der Waals surface area contributed by atoms with Crippen molar-refractivity contribution in [2.75, 3.05) is 18.0 Å². The number of para-hydroxylation sites is 1. The number of hydrogen-bond donors (Lipinski definition) is 0. The van der Waals surface area contributed by atoms with E-state index < -0.39 is 0 Å². The second-order valence-electron chi connectivity index (χ2n) is 8.72. The van der Waals surface area contributed by atoms with Crippen molar-refractivity contribution in [1.29, 1.82) is 0 Å². The fourth-order valence-corrected chi connectivity index (χ4v) is 4.96. The van der Waals surface area contributed by atoms with E-state index in [1.807, 2.05) is 46.2 Å². The molecule has 4 aromatic rings. The lowest BCUT2D eigenvalue weighted by Crippen LogP contribution is -2.48. The molecule has 2 amide bonds. The first kappa shape index (κ1) is 21.2. The molecule has 0 saturated carbocycles. The largest absolute Gasteiger partial charge is 0.337 e. The first-order chi connectivity index (χ1) is 17.2. The number of rotatable bonds is 4. The predicted octanol–water partition coefficient (Wildman–Crippen LogP) is 2.92. The molecule has 9 heteroatoms. The molecular weight excluding hydrogens is 442 g/mol. The molecule has 2 aliphatic heterocycles. The quantitative estimate of drug-likeness (QED) is 0.460. The van der Waals surface area contributed by atoms with Gasteiger partial charge < -0.3 is 9.80 Å². The molecule has 0 aliphatic carbocycles. The summed E-state index contributed by atoms with van der Waals surface area (Å²) in [4.78, 5) is 42.5. The van der Waals surface area contributed by atoms with Crippen LogP contribution in [0.2, 0.25) is 0 Å². The van der Waals surface area contributed by atoms with Gasteiger partial charge in [0.1, 0.15) is 0 Å². The van der Waals surface area contributed by atoms with Crippen LogP contribution >= 0.6 is 0 Å². The number of amides is 2. The summed E-state index contributed by atoms with van der Waals surface area (Å²) in [5.41, 5.74) is 4.05. The van der Waals surface area contributed by atoms with Crippen LogP contribution in [0.4, 0.5) is 5.69 Å². The van der Waals surface area contributed by atoms with Gasteiger partial charge in [0.15, 0.2) is 11.5 Å². The Hall–Kier alpha value is -4.40. The van der Waals surface area contributed by atoms with Gasteiger partial charge in [0, 0.05) is 55.2 Å². The number of hydrogen-bond acceptors (Lipinski definition) is 6. The summed E-state index contributed by atoms with van der Waals surface area (Å²) in [6, 6.07) is 13.6. The molecule has 9 nitrogen and oxygen atoms in total. The molecule has 0 N–H and O–H groups in total. The van der Waals surface area contributed by atoms with E-state index in [0.717, 1.165) is 35.3 Å². The number of anilines is 1. The standard InChI is InChI=1S/C26H23N7O2/c34-25-15-19-3-1-2-4-22(19)32(25)20-7-13-31(14-8-20)26(35)21-16-23(18-5-9-27-10-6-18)33(30-21)24-17-28-11-12-29-24/h1-6,9-12,16-17,20H,7-8,13-15H2. The molecule has 0 bridgehead atoms. The number of aromatic nitrogens is 5. The Kier molecular flexibility index (Phi) is 5.29. The van der Waals surface area contributed by atoms with Crippen molar-refractivity contribution in [2.45, 2.75) is 25.3 Å². The van der Waals surface area contributed by atoms with Crippen molar-refractivity contribution >= 4 is 17.5 Å². The Morgan fingerprint density at radius 3 is 2.51 bits per heavy atom. The molecule has 1 aromatic carbocycles. The maximum Gasteiger partial charge on any atom is 0.274 e. The smallest absolute Gasteiger partial charge is 0.274 e. The molecule has 2 aliphatic rings. The minimum absolute atomic E-state index is 0.0970. The summed E-state index contributed by atoms with van der Waals surface area (Å²) < 4.78 is 1.64. The molecule has 0 spiro atoms. The molecule has 3 aromatic heterocycles. The van der Waals surface area contributed by atoms with Gasteiger partial charge in [0.2, 0.25) is 5.91 Å². The minimum atomic E-state index is -0.130. The summed E-state index contributed by atoms with van der Waals surface area (Å²) in [6.07, 6.45) is 10.1. The van der Waals surface area contributed by atoms with E-state index in [0.29, 0.717) is 31.0 Å². The Bertz CT molecular complexity index is 1320. The lowest BCUT2D eigenvalue weighted by Gasteiger charge is -2.36. The molecule has 1 saturated heterocycles. The molecule has 5 heterocycles. The molecule has 174 valence electrons. The highest BCUT2D eigenvalue weighted by Crippen LogP contribution is 2.33. The van der Waals surface area contributed by atoms with Crippen LogP contribution < -0.4 is 4.90 Å². The Balaban J connectivity index is 1.23. The number of pyridine rings is 1. The average Bonchev–Trinajstić information content (AvgIpc) is 3.50. The SMILES string of the molecule is O=C(c1cc(-c2ccncc2)n(-c2cnccn2)n1)N1CCC(N2C(=O)Cc3ccccc32)CC1. The van der Waals surface area contributed by atoms with Crippen LogP contribution in [0.5, 0.6) is 0 Å². The van der Waals surface area contributed by atoms with Crippen molar-refractivity contribution < 1.29 is 9.59 Å². The van der Waals surface area contributed by atoms with E-state index in [-0.39, 0.29) is 17.9 Å². The van der Waals surface area contributed by atoms with Gasteiger partial charge in [-0.1, -0.05) is 18.2 Å². The highest BCUT2D eigenvalue weighted by Gasteiger charge is 2.36. The van der Waals surface area contributed by atoms with E-state index in [2.05, 4.69) is 20.1 Å². The van der Waals surface area contributed by atoms with E-state index in [1.165, 1.54) is 0 Å². The Labute approximate surface area is 202 Å². The summed E-state index contributed by atoms with van der Waals surface area (Å²) in [5, 5.41) is 4.61. The second-order valence-corrected chi connectivity index (χ2v) is 8.72. The van der Waals surface area contributed by atoms with Crippen molar-refractivity contribution in [1.82, 2.24) is 29.6 Å². The third-order valence-electron chi connectivity index (χ3n) is 6.65. The van der Waals surface area contributed by atoms with E-state index in [4.69, 9.17) is 0 Å². The van der Waals surface area contributed by atoms with Crippen LogP contribution in [0.1, 0.15) is 28.9 Å². The van der Waals surface area contributed by atoms with Crippen molar-refractivity contribution in [3.8, 4) is 17.1 Å². The fourth-order valence-electron chi connectivity index (χ4n) is 4.96. The molecule has 6 rings (SSSR count). The van der Waals surface area contributed by atoms with E-state index in [1.54, 1.807) is 41.7 Å². The van der Waals surface area contributed by atoms with Gasteiger partial charge in [-0.15, -0.1) is 0 Å². The van der Waals surface area contributed by atoms with Crippen LogP contribution in [0.15, 0.2) is 73.4 Å². The second kappa shape index (κ2) is 8.75. The minimum Gasteiger partial charge on any atom is -0.337 e. The van der Waals surface area contributed by atoms with Gasteiger partial charge in [-0.05, 0) is 42.7 Å².